The molecule has 0 atom stereocenters. The first-order valence-corrected chi connectivity index (χ1v) is 14.3. The van der Waals surface area contributed by atoms with Crippen molar-refractivity contribution in [2.24, 2.45) is 22.9 Å². The first-order valence-electron chi connectivity index (χ1n) is 14.3. The zero-order valence-electron chi connectivity index (χ0n) is 27.1. The maximum atomic E-state index is 9.87. The number of aliphatic carboxylic acids is 4. The summed E-state index contributed by atoms with van der Waals surface area (Å²) in [6.07, 6.45) is 0. The van der Waals surface area contributed by atoms with Crippen molar-refractivity contribution in [1.82, 2.24) is 48.7 Å². The number of carbonyl (C=O) groups excluding carboxylic acids is 4. The Morgan fingerprint density at radius 1 is 0.348 bits per heavy atom. The van der Waals surface area contributed by atoms with Crippen molar-refractivity contribution in [2.45, 2.75) is 0 Å². The topological polar surface area (TPSA) is 397 Å². The molecule has 277 valence electrons. The summed E-state index contributed by atoms with van der Waals surface area (Å²) in [5.41, 5.74) is 20.8. The van der Waals surface area contributed by atoms with Crippen LogP contribution in [0, 0.1) is 0 Å². The van der Waals surface area contributed by atoms with Crippen molar-refractivity contribution in [1.29, 1.82) is 0 Å². The van der Waals surface area contributed by atoms with Crippen LogP contribution < -0.4 is 92.0 Å². The summed E-state index contributed by atoms with van der Waals surface area (Å²) < 4.78 is 0. The fourth-order valence-corrected chi connectivity index (χ4v) is 2.38. The Hall–Kier alpha value is -2.12. The van der Waals surface area contributed by atoms with Crippen LogP contribution in [0.3, 0.4) is 0 Å². The Bertz CT molecular complexity index is 545. The van der Waals surface area contributed by atoms with Crippen LogP contribution in [-0.2, 0) is 36.2 Å². The number of hydrogen-bond donors (Lipinski definition) is 13. The van der Waals surface area contributed by atoms with Gasteiger partial charge in [-0.1, -0.05) is 0 Å². The summed E-state index contributed by atoms with van der Waals surface area (Å²) in [6, 6.07) is 0. The average Bonchev–Trinajstić information content (AvgIpc) is 2.97. The minimum atomic E-state index is -1.08. The number of carboxylic acid groups (broad SMARTS) is 4. The van der Waals surface area contributed by atoms with E-state index < -0.39 is 23.9 Å². The Morgan fingerprint density at radius 3 is 0.630 bits per heavy atom. The molecule has 20 N–H and O–H groups in total. The number of nitrogens with one attached hydrogen (secondary N) is 8. The van der Waals surface area contributed by atoms with Gasteiger partial charge >= 0.3 is 17.1 Å². The maximum absolute atomic E-state index is 9.87. The van der Waals surface area contributed by atoms with Crippen LogP contribution in [0.5, 0.6) is 0 Å². The second-order valence-electron chi connectivity index (χ2n) is 8.35. The van der Waals surface area contributed by atoms with Crippen LogP contribution in [0.1, 0.15) is 0 Å². The normalized spacial score (nSPS) is 9.48. The largest absolute Gasteiger partial charge is 3.00 e. The number of quaternary nitrogens is 1. The van der Waals surface area contributed by atoms with Crippen LogP contribution in [0.15, 0.2) is 0 Å². The molecule has 0 amide bonds. The van der Waals surface area contributed by atoms with E-state index in [-0.39, 0.29) is 49.4 Å². The molecular weight excluding hydrogens is 654 g/mol. The molecule has 21 nitrogen and oxygen atoms in total. The molecule has 0 aliphatic rings. The number of carbonyl (C=O) groups is 4. The van der Waals surface area contributed by atoms with E-state index in [1.54, 1.807) is 0 Å². The summed E-state index contributed by atoms with van der Waals surface area (Å²) in [7, 11) is 0. The molecule has 0 heterocycles. The van der Waals surface area contributed by atoms with E-state index in [1.165, 1.54) is 0 Å². The van der Waals surface area contributed by atoms with Crippen LogP contribution in [0.4, 0.5) is 0 Å². The molecular formula is C24H60FeN13O8. The van der Waals surface area contributed by atoms with Gasteiger partial charge in [0.05, 0.1) is 23.9 Å². The van der Waals surface area contributed by atoms with E-state index >= 15 is 0 Å². The van der Waals surface area contributed by atoms with Gasteiger partial charge in [0.1, 0.15) is 0 Å². The van der Waals surface area contributed by atoms with Crippen LogP contribution in [-0.4, -0.2) is 155 Å². The summed E-state index contributed by atoms with van der Waals surface area (Å²) in [5.74, 6) is -4.32. The van der Waals surface area contributed by atoms with Crippen LogP contribution in [0.25, 0.3) is 0 Å². The molecule has 0 unspecified atom stereocenters. The van der Waals surface area contributed by atoms with Crippen molar-refractivity contribution >= 4 is 23.9 Å². The summed E-state index contributed by atoms with van der Waals surface area (Å²) >= 11 is 0. The van der Waals surface area contributed by atoms with Crippen molar-refractivity contribution in [2.75, 3.05) is 131 Å². The van der Waals surface area contributed by atoms with Gasteiger partial charge in [0.2, 0.25) is 0 Å². The van der Waals surface area contributed by atoms with Gasteiger partial charge in [-0.25, -0.2) is 0 Å². The SMILES string of the molecule is NCCNCCNCC(=O)[O-].NCCNCCNCC(=O)[O-].NCCNCCNCC(=O)[O-].NCCNCCNCC(=O)[O-].[Fe+3].[NH4+]. The summed E-state index contributed by atoms with van der Waals surface area (Å²) in [5, 5.41) is 62.2. The average molecular weight is 715 g/mol. The van der Waals surface area contributed by atoms with Gasteiger partial charge in [-0.15, -0.1) is 0 Å². The molecule has 46 heavy (non-hydrogen) atoms. The molecule has 0 spiro atoms. The Balaban J connectivity index is -0.000000114. The molecule has 0 fully saturated rings. The Labute approximate surface area is 282 Å². The summed E-state index contributed by atoms with van der Waals surface area (Å²) in [6.45, 7) is 10.4. The third-order valence-electron chi connectivity index (χ3n) is 4.28. The van der Waals surface area contributed by atoms with Gasteiger partial charge in [0.15, 0.2) is 0 Å². The van der Waals surface area contributed by atoms with Crippen molar-refractivity contribution in [3.05, 3.63) is 0 Å². The van der Waals surface area contributed by atoms with Crippen molar-refractivity contribution < 1.29 is 56.7 Å². The number of rotatable bonds is 28. The quantitative estimate of drug-likeness (QED) is 0.0264. The van der Waals surface area contributed by atoms with E-state index in [4.69, 9.17) is 22.9 Å². The Kier molecular flexibility index (Phi) is 64.1. The monoisotopic (exact) mass is 714 g/mol. The van der Waals surface area contributed by atoms with Crippen LogP contribution in [0.2, 0.25) is 0 Å². The minimum absolute atomic E-state index is 0. The molecule has 0 rings (SSSR count). The molecule has 0 aromatic heterocycles. The fourth-order valence-electron chi connectivity index (χ4n) is 2.38. The second kappa shape index (κ2) is 52.4. The molecule has 0 aromatic carbocycles. The molecule has 0 saturated carbocycles. The van der Waals surface area contributed by atoms with Gasteiger partial charge in [-0.05, 0) is 0 Å². The first kappa shape index (κ1) is 56.2. The van der Waals surface area contributed by atoms with E-state index in [2.05, 4.69) is 42.5 Å². The van der Waals surface area contributed by atoms with E-state index in [1.807, 2.05) is 0 Å². The summed E-state index contributed by atoms with van der Waals surface area (Å²) in [4.78, 5) is 39.5. The molecule has 0 aliphatic carbocycles. The molecule has 0 saturated heterocycles. The third kappa shape index (κ3) is 78.4. The van der Waals surface area contributed by atoms with Crippen LogP contribution >= 0.6 is 0 Å². The number of carboxylic acids is 4. The van der Waals surface area contributed by atoms with Gasteiger partial charge in [0.25, 0.3) is 0 Å². The van der Waals surface area contributed by atoms with Gasteiger partial charge in [0, 0.05) is 131 Å². The number of hydrogen-bond acceptors (Lipinski definition) is 20. The zero-order valence-corrected chi connectivity index (χ0v) is 28.2. The molecule has 0 bridgehead atoms. The zero-order chi connectivity index (χ0) is 34.1. The molecule has 0 aliphatic heterocycles. The molecule has 0 aromatic rings. The van der Waals surface area contributed by atoms with Gasteiger partial charge in [-0.3, -0.25) is 0 Å². The predicted molar refractivity (Wildman–Crippen MR) is 165 cm³/mol. The van der Waals surface area contributed by atoms with E-state index in [0.717, 1.165) is 52.4 Å². The predicted octanol–water partition coefficient (Wildman–Crippen LogP) is -12.1. The molecule has 1 radical (unpaired) electrons. The second-order valence-corrected chi connectivity index (χ2v) is 8.35. The van der Waals surface area contributed by atoms with E-state index in [0.29, 0.717) is 52.4 Å². The third-order valence-corrected chi connectivity index (χ3v) is 4.28. The van der Waals surface area contributed by atoms with E-state index in [9.17, 15) is 39.6 Å². The fraction of sp³-hybridized carbons (Fsp3) is 0.833. The number of nitrogens with two attached hydrogens (primary N) is 4. The van der Waals surface area contributed by atoms with Crippen molar-refractivity contribution in [3.8, 4) is 0 Å². The Morgan fingerprint density at radius 2 is 0.500 bits per heavy atom. The minimum Gasteiger partial charge on any atom is -0.549 e. The first-order chi connectivity index (χ1) is 21.1. The molecule has 22 heteroatoms. The smallest absolute Gasteiger partial charge is 0.549 e. The maximum Gasteiger partial charge on any atom is 3.00 e. The van der Waals surface area contributed by atoms with Gasteiger partial charge in [-0.2, -0.15) is 0 Å². The standard InChI is InChI=1S/4C6H15N3O2.Fe.H3N/c4*7-1-2-8-3-4-9-5-6(10)11;;/h4*8-9H,1-5,7H2,(H,10,11);;1H3/q;;;;+3;/p-3. The van der Waals surface area contributed by atoms with Gasteiger partial charge < -0.3 is 111 Å². The van der Waals surface area contributed by atoms with Crippen molar-refractivity contribution in [3.63, 3.8) is 0 Å².